The van der Waals surface area contributed by atoms with E-state index in [-0.39, 0.29) is 6.10 Å². The van der Waals surface area contributed by atoms with Gasteiger partial charge < -0.3 is 14.4 Å². The maximum Gasteiger partial charge on any atom is 0.352 e. The van der Waals surface area contributed by atoms with E-state index in [0.29, 0.717) is 18.8 Å². The highest BCUT2D eigenvalue weighted by Crippen LogP contribution is 2.12. The first kappa shape index (κ1) is 12.5. The van der Waals surface area contributed by atoms with Crippen LogP contribution in [0.2, 0.25) is 0 Å². The average Bonchev–Trinajstić information content (AvgIpc) is 2.47. The normalized spacial score (nSPS) is 12.7. The molecule has 0 fully saturated rings. The van der Waals surface area contributed by atoms with Crippen LogP contribution in [0.5, 0.6) is 0 Å². The number of nitrogens with zero attached hydrogens (tertiary/aromatic N) is 1. The Bertz CT molecular complexity index is 348. The lowest BCUT2D eigenvalue weighted by Crippen LogP contribution is -2.19. The molecule has 0 aliphatic rings. The van der Waals surface area contributed by atoms with E-state index in [4.69, 9.17) is 9.84 Å². The molecule has 0 amide bonds. The maximum absolute atomic E-state index is 10.9. The number of hydrogen-bond acceptors (Lipinski definition) is 2. The van der Waals surface area contributed by atoms with E-state index in [0.717, 1.165) is 3.57 Å². The molecule has 0 bridgehead atoms. The molecule has 0 aliphatic carbocycles. The molecule has 5 heteroatoms. The maximum atomic E-state index is 10.9. The largest absolute Gasteiger partial charge is 0.477 e. The Kier molecular flexibility index (Phi) is 4.59. The number of rotatable bonds is 5. The van der Waals surface area contributed by atoms with Crippen molar-refractivity contribution in [2.24, 2.45) is 0 Å². The van der Waals surface area contributed by atoms with Crippen molar-refractivity contribution in [3.63, 3.8) is 0 Å². The molecule has 4 nitrogen and oxygen atoms in total. The number of carboxylic acid groups (broad SMARTS) is 1. The fourth-order valence-electron chi connectivity index (χ4n) is 1.42. The van der Waals surface area contributed by atoms with Crippen LogP contribution in [0.1, 0.15) is 24.3 Å². The van der Waals surface area contributed by atoms with E-state index in [1.54, 1.807) is 10.6 Å². The molecule has 1 rings (SSSR count). The number of aromatic nitrogens is 1. The van der Waals surface area contributed by atoms with Crippen LogP contribution in [-0.4, -0.2) is 28.4 Å². The summed E-state index contributed by atoms with van der Waals surface area (Å²) < 4.78 is 8.01. The summed E-state index contributed by atoms with van der Waals surface area (Å²) in [6.07, 6.45) is 1.84. The molecule has 1 unspecified atom stereocenters. The van der Waals surface area contributed by atoms with Gasteiger partial charge >= 0.3 is 5.97 Å². The number of hydrogen-bond donors (Lipinski definition) is 1. The first-order valence-corrected chi connectivity index (χ1v) is 5.83. The molecule has 84 valence electrons. The highest BCUT2D eigenvalue weighted by Gasteiger charge is 2.13. The van der Waals surface area contributed by atoms with Gasteiger partial charge in [-0.25, -0.2) is 4.79 Å². The minimum atomic E-state index is -0.901. The fourth-order valence-corrected chi connectivity index (χ4v) is 2.05. The Labute approximate surface area is 102 Å². The Hall–Kier alpha value is -0.560. The van der Waals surface area contributed by atoms with Crippen molar-refractivity contribution in [1.29, 1.82) is 0 Å². The highest BCUT2D eigenvalue weighted by atomic mass is 127. The van der Waals surface area contributed by atoms with Gasteiger partial charge in [-0.05, 0) is 42.5 Å². The number of halogens is 1. The predicted molar refractivity (Wildman–Crippen MR) is 65.2 cm³/mol. The van der Waals surface area contributed by atoms with E-state index >= 15 is 0 Å². The van der Waals surface area contributed by atoms with Gasteiger partial charge in [-0.3, -0.25) is 0 Å². The summed E-state index contributed by atoms with van der Waals surface area (Å²) in [5, 5.41) is 8.96. The monoisotopic (exact) mass is 323 g/mol. The number of carboxylic acids is 1. The Morgan fingerprint density at radius 1 is 1.73 bits per heavy atom. The molecule has 0 spiro atoms. The summed E-state index contributed by atoms with van der Waals surface area (Å²) in [5.74, 6) is -0.901. The standard InChI is InChI=1S/C10H14INO3/c1-3-15-7(2)5-12-6-8(11)4-9(12)10(13)14/h4,6-7H,3,5H2,1-2H3,(H,13,14). The zero-order valence-electron chi connectivity index (χ0n) is 8.74. The van der Waals surface area contributed by atoms with Crippen LogP contribution >= 0.6 is 22.6 Å². The van der Waals surface area contributed by atoms with E-state index in [9.17, 15) is 4.79 Å². The first-order valence-electron chi connectivity index (χ1n) is 4.75. The topological polar surface area (TPSA) is 51.5 Å². The molecule has 1 heterocycles. The van der Waals surface area contributed by atoms with Gasteiger partial charge in [-0.15, -0.1) is 0 Å². The van der Waals surface area contributed by atoms with Crippen LogP contribution in [0.15, 0.2) is 12.3 Å². The molecular weight excluding hydrogens is 309 g/mol. The third kappa shape index (κ3) is 3.49. The zero-order valence-corrected chi connectivity index (χ0v) is 10.9. The zero-order chi connectivity index (χ0) is 11.4. The van der Waals surface area contributed by atoms with Gasteiger partial charge in [-0.1, -0.05) is 0 Å². The second kappa shape index (κ2) is 5.50. The van der Waals surface area contributed by atoms with Crippen molar-refractivity contribution in [3.8, 4) is 0 Å². The molecular formula is C10H14INO3. The average molecular weight is 323 g/mol. The lowest BCUT2D eigenvalue weighted by atomic mass is 10.3. The second-order valence-electron chi connectivity index (χ2n) is 3.27. The van der Waals surface area contributed by atoms with Crippen molar-refractivity contribution < 1.29 is 14.6 Å². The lowest BCUT2D eigenvalue weighted by molar-refractivity contribution is 0.0595. The summed E-state index contributed by atoms with van der Waals surface area (Å²) in [5.41, 5.74) is 0.311. The third-order valence-electron chi connectivity index (χ3n) is 1.99. The quantitative estimate of drug-likeness (QED) is 0.846. The van der Waals surface area contributed by atoms with Gasteiger partial charge in [0.2, 0.25) is 0 Å². The van der Waals surface area contributed by atoms with E-state index in [1.807, 2.05) is 20.0 Å². The first-order chi connectivity index (χ1) is 7.04. The Morgan fingerprint density at radius 2 is 2.40 bits per heavy atom. The van der Waals surface area contributed by atoms with Crippen LogP contribution < -0.4 is 0 Å². The Morgan fingerprint density at radius 3 is 2.93 bits per heavy atom. The number of aromatic carboxylic acids is 1. The van der Waals surface area contributed by atoms with Gasteiger partial charge in [0.15, 0.2) is 0 Å². The molecule has 0 radical (unpaired) electrons. The summed E-state index contributed by atoms with van der Waals surface area (Å²) in [7, 11) is 0. The van der Waals surface area contributed by atoms with Gasteiger partial charge in [0, 0.05) is 22.9 Å². The van der Waals surface area contributed by atoms with Crippen molar-refractivity contribution in [2.45, 2.75) is 26.5 Å². The van der Waals surface area contributed by atoms with Crippen molar-refractivity contribution in [3.05, 3.63) is 21.5 Å². The highest BCUT2D eigenvalue weighted by molar-refractivity contribution is 14.1. The van der Waals surface area contributed by atoms with Crippen molar-refractivity contribution >= 4 is 28.6 Å². The molecule has 0 aliphatic heterocycles. The molecule has 0 saturated carbocycles. The molecule has 1 atom stereocenters. The molecule has 0 aromatic carbocycles. The van der Waals surface area contributed by atoms with E-state index in [1.165, 1.54) is 0 Å². The third-order valence-corrected chi connectivity index (χ3v) is 2.58. The summed E-state index contributed by atoms with van der Waals surface area (Å²) in [6, 6.07) is 1.65. The molecule has 1 aromatic heterocycles. The van der Waals surface area contributed by atoms with E-state index < -0.39 is 5.97 Å². The molecule has 1 aromatic rings. The smallest absolute Gasteiger partial charge is 0.352 e. The van der Waals surface area contributed by atoms with Gasteiger partial charge in [0.25, 0.3) is 0 Å². The molecule has 1 N–H and O–H groups in total. The van der Waals surface area contributed by atoms with Crippen LogP contribution in [0, 0.1) is 3.57 Å². The van der Waals surface area contributed by atoms with Crippen LogP contribution in [0.4, 0.5) is 0 Å². The summed E-state index contributed by atoms with van der Waals surface area (Å²) >= 11 is 2.10. The summed E-state index contributed by atoms with van der Waals surface area (Å²) in [6.45, 7) is 5.07. The lowest BCUT2D eigenvalue weighted by Gasteiger charge is -2.13. The minimum absolute atomic E-state index is 0.0244. The van der Waals surface area contributed by atoms with Gasteiger partial charge in [0.1, 0.15) is 5.69 Å². The minimum Gasteiger partial charge on any atom is -0.477 e. The number of carbonyl (C=O) groups is 1. The number of ether oxygens (including phenoxy) is 1. The van der Waals surface area contributed by atoms with Gasteiger partial charge in [0.05, 0.1) is 6.10 Å². The SMILES string of the molecule is CCOC(C)Cn1cc(I)cc1C(=O)O. The van der Waals surface area contributed by atoms with Crippen molar-refractivity contribution in [2.75, 3.05) is 6.61 Å². The molecule has 15 heavy (non-hydrogen) atoms. The van der Waals surface area contributed by atoms with Crippen molar-refractivity contribution in [1.82, 2.24) is 4.57 Å². The Balaban J connectivity index is 2.79. The van der Waals surface area contributed by atoms with E-state index in [2.05, 4.69) is 22.6 Å². The van der Waals surface area contributed by atoms with Crippen LogP contribution in [0.25, 0.3) is 0 Å². The predicted octanol–water partition coefficient (Wildman–Crippen LogP) is 2.22. The van der Waals surface area contributed by atoms with Crippen LogP contribution in [-0.2, 0) is 11.3 Å². The fraction of sp³-hybridized carbons (Fsp3) is 0.500. The molecule has 0 saturated heterocycles. The second-order valence-corrected chi connectivity index (χ2v) is 4.51. The summed E-state index contributed by atoms with van der Waals surface area (Å²) in [4.78, 5) is 10.9. The van der Waals surface area contributed by atoms with Gasteiger partial charge in [-0.2, -0.15) is 0 Å². The van der Waals surface area contributed by atoms with Crippen LogP contribution in [0.3, 0.4) is 0 Å².